The molecule has 0 unspecified atom stereocenters. The maximum absolute atomic E-state index is 11.8. The van der Waals surface area contributed by atoms with Crippen LogP contribution >= 0.6 is 11.3 Å². The van der Waals surface area contributed by atoms with Gasteiger partial charge in [0.2, 0.25) is 10.0 Å². The molecule has 2 heterocycles. The number of rotatable bonds is 3. The molecule has 1 aliphatic carbocycles. The average molecular weight is 389 g/mol. The van der Waals surface area contributed by atoms with E-state index < -0.39 is 10.0 Å². The summed E-state index contributed by atoms with van der Waals surface area (Å²) >= 11 is 1.73. The van der Waals surface area contributed by atoms with Gasteiger partial charge in [-0.1, -0.05) is 0 Å². The summed E-state index contributed by atoms with van der Waals surface area (Å²) in [5.41, 5.74) is 3.85. The summed E-state index contributed by atoms with van der Waals surface area (Å²) in [4.78, 5) is 11.4. The van der Waals surface area contributed by atoms with Crippen molar-refractivity contribution in [3.63, 3.8) is 0 Å². The largest absolute Gasteiger partial charge is 0.339 e. The third-order valence-electron chi connectivity index (χ3n) is 4.97. The minimum absolute atomic E-state index is 0.0979. The Kier molecular flexibility index (Phi) is 4.21. The van der Waals surface area contributed by atoms with Gasteiger partial charge in [0.05, 0.1) is 10.3 Å². The summed E-state index contributed by atoms with van der Waals surface area (Å²) in [5, 5.41) is 9.72. The van der Waals surface area contributed by atoms with Crippen LogP contribution in [-0.4, -0.2) is 18.4 Å². The molecule has 4 rings (SSSR count). The molecule has 0 bridgehead atoms. The molecule has 0 amide bonds. The van der Waals surface area contributed by atoms with E-state index >= 15 is 0 Å². The van der Waals surface area contributed by atoms with Crippen molar-refractivity contribution in [3.8, 4) is 0 Å². The molecule has 136 valence electrons. The van der Waals surface area contributed by atoms with Crippen LogP contribution in [0.5, 0.6) is 0 Å². The van der Waals surface area contributed by atoms with E-state index in [1.165, 1.54) is 23.3 Å². The first-order valence-corrected chi connectivity index (χ1v) is 10.9. The van der Waals surface area contributed by atoms with E-state index in [0.717, 1.165) is 40.0 Å². The van der Waals surface area contributed by atoms with Crippen molar-refractivity contribution in [2.45, 2.75) is 44.4 Å². The van der Waals surface area contributed by atoms with E-state index in [0.29, 0.717) is 5.69 Å². The van der Waals surface area contributed by atoms with Crippen molar-refractivity contribution < 1.29 is 8.42 Å². The van der Waals surface area contributed by atoms with Gasteiger partial charge in [-0.3, -0.25) is 0 Å². The second-order valence-corrected chi connectivity index (χ2v) is 9.34. The highest BCUT2D eigenvalue weighted by atomic mass is 32.2. The van der Waals surface area contributed by atoms with E-state index in [1.54, 1.807) is 29.8 Å². The van der Waals surface area contributed by atoms with Crippen LogP contribution in [0.2, 0.25) is 0 Å². The molecule has 0 saturated carbocycles. The number of sulfonamides is 1. The van der Waals surface area contributed by atoms with Crippen molar-refractivity contribution >= 4 is 43.1 Å². The lowest BCUT2D eigenvalue weighted by molar-refractivity contribution is 0.597. The number of thiophene rings is 1. The van der Waals surface area contributed by atoms with Crippen LogP contribution in [0.4, 0.5) is 11.5 Å². The number of nitrogens with two attached hydrogens (primary N) is 1. The van der Waals surface area contributed by atoms with Gasteiger partial charge in [0.1, 0.15) is 17.0 Å². The Morgan fingerprint density at radius 1 is 1.15 bits per heavy atom. The van der Waals surface area contributed by atoms with Gasteiger partial charge < -0.3 is 5.32 Å². The molecule has 3 aromatic rings. The monoisotopic (exact) mass is 388 g/mol. The Bertz CT molecular complexity index is 1120. The second kappa shape index (κ2) is 6.29. The van der Waals surface area contributed by atoms with Crippen molar-refractivity contribution in [2.24, 2.45) is 5.14 Å². The molecular weight excluding hydrogens is 368 g/mol. The van der Waals surface area contributed by atoms with Crippen LogP contribution in [0, 0.1) is 13.8 Å². The molecule has 0 spiro atoms. The first kappa shape index (κ1) is 17.4. The van der Waals surface area contributed by atoms with Crippen LogP contribution in [0.15, 0.2) is 23.4 Å². The summed E-state index contributed by atoms with van der Waals surface area (Å²) in [5.74, 6) is 0.725. The van der Waals surface area contributed by atoms with Crippen molar-refractivity contribution in [1.82, 2.24) is 9.97 Å². The maximum atomic E-state index is 11.8. The van der Waals surface area contributed by atoms with Gasteiger partial charge in [-0.2, -0.15) is 0 Å². The van der Waals surface area contributed by atoms with E-state index in [4.69, 9.17) is 5.14 Å². The summed E-state index contributed by atoms with van der Waals surface area (Å²) in [7, 11) is -3.77. The normalized spacial score (nSPS) is 14.4. The van der Waals surface area contributed by atoms with Gasteiger partial charge in [-0.05, 0) is 68.4 Å². The lowest BCUT2D eigenvalue weighted by atomic mass is 9.97. The Morgan fingerprint density at radius 3 is 2.69 bits per heavy atom. The van der Waals surface area contributed by atoms with Crippen LogP contribution < -0.4 is 10.5 Å². The van der Waals surface area contributed by atoms with Gasteiger partial charge >= 0.3 is 0 Å². The molecule has 3 N–H and O–H groups in total. The highest BCUT2D eigenvalue weighted by molar-refractivity contribution is 7.89. The summed E-state index contributed by atoms with van der Waals surface area (Å²) < 4.78 is 23.6. The Morgan fingerprint density at radius 2 is 1.92 bits per heavy atom. The molecule has 1 aromatic carbocycles. The van der Waals surface area contributed by atoms with Crippen LogP contribution in [0.3, 0.4) is 0 Å². The quantitative estimate of drug-likeness (QED) is 0.715. The number of primary sulfonamides is 1. The molecule has 1 aliphatic rings. The molecule has 8 heteroatoms. The summed E-state index contributed by atoms with van der Waals surface area (Å²) in [6.45, 7) is 3.82. The van der Waals surface area contributed by atoms with Crippen LogP contribution in [0.1, 0.15) is 34.4 Å². The van der Waals surface area contributed by atoms with Crippen LogP contribution in [-0.2, 0) is 22.9 Å². The number of nitrogens with one attached hydrogen (secondary N) is 1. The maximum Gasteiger partial charge on any atom is 0.238 e. The van der Waals surface area contributed by atoms with Gasteiger partial charge in [-0.25, -0.2) is 23.5 Å². The number of fused-ring (bicyclic) bond motifs is 3. The molecule has 26 heavy (non-hydrogen) atoms. The number of nitrogens with zero attached hydrogens (tertiary/aromatic N) is 2. The summed E-state index contributed by atoms with van der Waals surface area (Å²) in [6, 6.07) is 3.17. The summed E-state index contributed by atoms with van der Waals surface area (Å²) in [6.07, 6.45) is 6.07. The standard InChI is InChI=1S/C18H20N4O2S2/c1-10-7-12(26(19,23)24)8-14(11(10)2)22-17-16-13-5-3-4-6-15(13)25-18(16)21-9-20-17/h7-9H,3-6H2,1-2H3,(H2,19,23,24)(H,20,21,22). The predicted octanol–water partition coefficient (Wildman–Crippen LogP) is 3.58. The van der Waals surface area contributed by atoms with E-state index in [-0.39, 0.29) is 4.90 Å². The molecule has 0 saturated heterocycles. The second-order valence-electron chi connectivity index (χ2n) is 6.70. The zero-order valence-electron chi connectivity index (χ0n) is 14.7. The SMILES string of the molecule is Cc1cc(S(N)(=O)=O)cc(Nc2ncnc3sc4c(c23)CCCC4)c1C. The highest BCUT2D eigenvalue weighted by Gasteiger charge is 2.21. The van der Waals surface area contributed by atoms with E-state index in [9.17, 15) is 8.42 Å². The highest BCUT2D eigenvalue weighted by Crippen LogP contribution is 2.39. The fourth-order valence-electron chi connectivity index (χ4n) is 3.43. The van der Waals surface area contributed by atoms with Gasteiger partial charge in [0.25, 0.3) is 0 Å². The molecule has 0 atom stereocenters. The van der Waals surface area contributed by atoms with Gasteiger partial charge in [0, 0.05) is 10.6 Å². The minimum Gasteiger partial charge on any atom is -0.339 e. The molecule has 2 aromatic heterocycles. The molecular formula is C18H20N4O2S2. The number of anilines is 2. The zero-order valence-corrected chi connectivity index (χ0v) is 16.3. The Balaban J connectivity index is 1.86. The predicted molar refractivity (Wildman–Crippen MR) is 105 cm³/mol. The number of hydrogen-bond donors (Lipinski definition) is 2. The first-order chi connectivity index (χ1) is 12.3. The fourth-order valence-corrected chi connectivity index (χ4v) is 5.28. The number of hydrogen-bond acceptors (Lipinski definition) is 6. The Hall–Kier alpha value is -2.03. The van der Waals surface area contributed by atoms with Gasteiger partial charge in [0.15, 0.2) is 0 Å². The van der Waals surface area contributed by atoms with Gasteiger partial charge in [-0.15, -0.1) is 11.3 Å². The fraction of sp³-hybridized carbons (Fsp3) is 0.333. The first-order valence-electron chi connectivity index (χ1n) is 8.51. The average Bonchev–Trinajstić information content (AvgIpc) is 2.97. The smallest absolute Gasteiger partial charge is 0.238 e. The Labute approximate surface area is 156 Å². The third-order valence-corrected chi connectivity index (χ3v) is 7.07. The van der Waals surface area contributed by atoms with Crippen LogP contribution in [0.25, 0.3) is 10.2 Å². The van der Waals surface area contributed by atoms with Crippen molar-refractivity contribution in [2.75, 3.05) is 5.32 Å². The number of aromatic nitrogens is 2. The molecule has 0 fully saturated rings. The van der Waals surface area contributed by atoms with E-state index in [2.05, 4.69) is 15.3 Å². The number of aryl methyl sites for hydroxylation is 3. The zero-order chi connectivity index (χ0) is 18.5. The minimum atomic E-state index is -3.77. The molecule has 6 nitrogen and oxygen atoms in total. The molecule has 0 aliphatic heterocycles. The topological polar surface area (TPSA) is 98.0 Å². The third kappa shape index (κ3) is 2.98. The van der Waals surface area contributed by atoms with E-state index in [1.807, 2.05) is 13.8 Å². The number of benzene rings is 1. The van der Waals surface area contributed by atoms with Crippen molar-refractivity contribution in [1.29, 1.82) is 0 Å². The van der Waals surface area contributed by atoms with Crippen molar-refractivity contribution in [3.05, 3.63) is 40.0 Å². The molecule has 0 radical (unpaired) electrons. The lowest BCUT2D eigenvalue weighted by Gasteiger charge is -2.15. The lowest BCUT2D eigenvalue weighted by Crippen LogP contribution is -2.13.